The fourth-order valence-electron chi connectivity index (χ4n) is 2.65. The Hall–Kier alpha value is -1.68. The Morgan fingerprint density at radius 1 is 1.25 bits per heavy atom. The Bertz CT molecular complexity index is 545. The molecule has 0 amide bonds. The van der Waals surface area contributed by atoms with Crippen LogP contribution in [0.3, 0.4) is 0 Å². The van der Waals surface area contributed by atoms with Crippen LogP contribution < -0.4 is 5.32 Å². The van der Waals surface area contributed by atoms with Gasteiger partial charge in [0.2, 0.25) is 0 Å². The molecule has 2 rings (SSSR count). The molecule has 1 atom stereocenters. The van der Waals surface area contributed by atoms with Gasteiger partial charge in [-0.3, -0.25) is 9.67 Å². The summed E-state index contributed by atoms with van der Waals surface area (Å²) in [7, 11) is 4.05. The lowest BCUT2D eigenvalue weighted by atomic mass is 9.99. The lowest BCUT2D eigenvalue weighted by molar-refractivity contribution is 0.519. The van der Waals surface area contributed by atoms with Crippen molar-refractivity contribution in [1.29, 1.82) is 0 Å². The van der Waals surface area contributed by atoms with Crippen molar-refractivity contribution >= 4 is 0 Å². The fraction of sp³-hybridized carbons (Fsp3) is 0.500. The average Bonchev–Trinajstić information content (AvgIpc) is 2.70. The largest absolute Gasteiger partial charge is 0.317 e. The third kappa shape index (κ3) is 3.45. The molecular weight excluding hydrogens is 248 g/mol. The second-order valence-corrected chi connectivity index (χ2v) is 5.36. The number of nitrogens with zero attached hydrogens (tertiary/aromatic N) is 3. The molecule has 0 saturated carbocycles. The van der Waals surface area contributed by atoms with E-state index in [1.165, 1.54) is 16.8 Å². The zero-order chi connectivity index (χ0) is 14.5. The van der Waals surface area contributed by atoms with E-state index < -0.39 is 0 Å². The molecule has 20 heavy (non-hydrogen) atoms. The van der Waals surface area contributed by atoms with E-state index in [0.717, 1.165) is 25.0 Å². The van der Waals surface area contributed by atoms with Crippen molar-refractivity contribution in [2.45, 2.75) is 39.2 Å². The maximum absolute atomic E-state index is 4.49. The molecule has 2 aromatic rings. The second-order valence-electron chi connectivity index (χ2n) is 5.36. The van der Waals surface area contributed by atoms with Gasteiger partial charge >= 0.3 is 0 Å². The molecule has 0 aliphatic carbocycles. The van der Waals surface area contributed by atoms with Gasteiger partial charge in [0.05, 0.1) is 5.69 Å². The van der Waals surface area contributed by atoms with Crippen LogP contribution in [0.1, 0.15) is 28.9 Å². The van der Waals surface area contributed by atoms with Gasteiger partial charge in [0.1, 0.15) is 0 Å². The normalized spacial score (nSPS) is 12.6. The van der Waals surface area contributed by atoms with Crippen molar-refractivity contribution in [2.75, 3.05) is 7.05 Å². The number of likely N-dealkylation sites (N-methyl/N-ethyl adjacent to an activating group) is 1. The van der Waals surface area contributed by atoms with Gasteiger partial charge < -0.3 is 5.32 Å². The van der Waals surface area contributed by atoms with Crippen molar-refractivity contribution < 1.29 is 0 Å². The smallest absolute Gasteiger partial charge is 0.0628 e. The predicted octanol–water partition coefficient (Wildman–Crippen LogP) is 2.20. The lowest BCUT2D eigenvalue weighted by Gasteiger charge is -2.16. The third-order valence-electron chi connectivity index (χ3n) is 4.04. The van der Waals surface area contributed by atoms with Crippen molar-refractivity contribution in [3.63, 3.8) is 0 Å². The minimum Gasteiger partial charge on any atom is -0.317 e. The van der Waals surface area contributed by atoms with Crippen LogP contribution in [0.15, 0.2) is 24.5 Å². The van der Waals surface area contributed by atoms with Crippen LogP contribution in [0.2, 0.25) is 0 Å². The zero-order valence-electron chi connectivity index (χ0n) is 12.8. The summed E-state index contributed by atoms with van der Waals surface area (Å²) in [4.78, 5) is 4.07. The van der Waals surface area contributed by atoms with E-state index in [1.807, 2.05) is 31.2 Å². The van der Waals surface area contributed by atoms with Crippen molar-refractivity contribution in [1.82, 2.24) is 20.1 Å². The summed E-state index contributed by atoms with van der Waals surface area (Å²) in [6, 6.07) is 4.66. The number of rotatable bonds is 6. The van der Waals surface area contributed by atoms with Crippen LogP contribution in [0.4, 0.5) is 0 Å². The van der Waals surface area contributed by atoms with Gasteiger partial charge in [0.15, 0.2) is 0 Å². The summed E-state index contributed by atoms with van der Waals surface area (Å²) in [6.07, 6.45) is 6.95. The van der Waals surface area contributed by atoms with E-state index in [4.69, 9.17) is 0 Å². The van der Waals surface area contributed by atoms with Crippen molar-refractivity contribution in [3.05, 3.63) is 47.0 Å². The molecule has 108 valence electrons. The van der Waals surface area contributed by atoms with Gasteiger partial charge in [-0.25, -0.2) is 0 Å². The molecular formula is C16H24N4. The zero-order valence-corrected chi connectivity index (χ0v) is 12.8. The highest BCUT2D eigenvalue weighted by Gasteiger charge is 2.13. The SMILES string of the molecule is CNC(CCc1c(C)nn(C)c1C)Cc1ccncc1. The van der Waals surface area contributed by atoms with Crippen LogP contribution >= 0.6 is 0 Å². The Labute approximate surface area is 121 Å². The van der Waals surface area contributed by atoms with Gasteiger partial charge in [-0.15, -0.1) is 0 Å². The van der Waals surface area contributed by atoms with Gasteiger partial charge in [0, 0.05) is 31.2 Å². The van der Waals surface area contributed by atoms with Crippen LogP contribution in [-0.2, 0) is 19.9 Å². The van der Waals surface area contributed by atoms with Gasteiger partial charge in [-0.05, 0) is 63.4 Å². The van der Waals surface area contributed by atoms with Crippen LogP contribution in [0.5, 0.6) is 0 Å². The Morgan fingerprint density at radius 3 is 2.50 bits per heavy atom. The van der Waals surface area contributed by atoms with Crippen LogP contribution in [-0.4, -0.2) is 27.9 Å². The quantitative estimate of drug-likeness (QED) is 0.876. The molecule has 4 heteroatoms. The summed E-state index contributed by atoms with van der Waals surface area (Å²) >= 11 is 0. The third-order valence-corrected chi connectivity index (χ3v) is 4.04. The van der Waals surface area contributed by atoms with E-state index in [0.29, 0.717) is 6.04 Å². The highest BCUT2D eigenvalue weighted by atomic mass is 15.3. The topological polar surface area (TPSA) is 42.7 Å². The van der Waals surface area contributed by atoms with Crippen molar-refractivity contribution in [3.8, 4) is 0 Å². The number of aryl methyl sites for hydroxylation is 2. The summed E-state index contributed by atoms with van der Waals surface area (Å²) in [5.41, 5.74) is 5.16. The molecule has 0 aliphatic rings. The fourth-order valence-corrected chi connectivity index (χ4v) is 2.65. The average molecular weight is 272 g/mol. The number of hydrogen-bond acceptors (Lipinski definition) is 3. The van der Waals surface area contributed by atoms with Crippen LogP contribution in [0, 0.1) is 13.8 Å². The van der Waals surface area contributed by atoms with Gasteiger partial charge in [0.25, 0.3) is 0 Å². The standard InChI is InChI=1S/C16H24N4/c1-12-16(13(2)20(4)19-12)6-5-15(17-3)11-14-7-9-18-10-8-14/h7-10,15,17H,5-6,11H2,1-4H3. The van der Waals surface area contributed by atoms with E-state index in [-0.39, 0.29) is 0 Å². The maximum Gasteiger partial charge on any atom is 0.0628 e. The number of hydrogen-bond donors (Lipinski definition) is 1. The van der Waals surface area contributed by atoms with E-state index in [2.05, 4.69) is 41.4 Å². The molecule has 2 aromatic heterocycles. The predicted molar refractivity (Wildman–Crippen MR) is 81.8 cm³/mol. The monoisotopic (exact) mass is 272 g/mol. The molecule has 0 bridgehead atoms. The molecule has 0 saturated heterocycles. The minimum absolute atomic E-state index is 0.483. The van der Waals surface area contributed by atoms with E-state index >= 15 is 0 Å². The van der Waals surface area contributed by atoms with E-state index in [9.17, 15) is 0 Å². The first-order valence-electron chi connectivity index (χ1n) is 7.17. The second kappa shape index (κ2) is 6.66. The molecule has 0 aliphatic heterocycles. The van der Waals surface area contributed by atoms with Crippen LogP contribution in [0.25, 0.3) is 0 Å². The summed E-state index contributed by atoms with van der Waals surface area (Å²) < 4.78 is 1.97. The number of aromatic nitrogens is 3. The van der Waals surface area contributed by atoms with E-state index in [1.54, 1.807) is 0 Å². The highest BCUT2D eigenvalue weighted by molar-refractivity contribution is 5.24. The summed E-state index contributed by atoms with van der Waals surface area (Å²) in [5.74, 6) is 0. The minimum atomic E-state index is 0.483. The molecule has 1 N–H and O–H groups in total. The Morgan fingerprint density at radius 2 is 1.95 bits per heavy atom. The first-order chi connectivity index (χ1) is 9.61. The maximum atomic E-state index is 4.49. The highest BCUT2D eigenvalue weighted by Crippen LogP contribution is 2.16. The summed E-state index contributed by atoms with van der Waals surface area (Å²) in [5, 5.41) is 7.91. The molecule has 4 nitrogen and oxygen atoms in total. The number of pyridine rings is 1. The van der Waals surface area contributed by atoms with Gasteiger partial charge in [-0.1, -0.05) is 0 Å². The molecule has 0 aromatic carbocycles. The first kappa shape index (κ1) is 14.7. The summed E-state index contributed by atoms with van der Waals surface area (Å²) in [6.45, 7) is 4.24. The Kier molecular flexibility index (Phi) is 4.90. The molecule has 2 heterocycles. The Balaban J connectivity index is 1.97. The number of nitrogens with one attached hydrogen (secondary N) is 1. The molecule has 0 radical (unpaired) electrons. The van der Waals surface area contributed by atoms with Gasteiger partial charge in [-0.2, -0.15) is 5.10 Å². The van der Waals surface area contributed by atoms with Crippen molar-refractivity contribution in [2.24, 2.45) is 7.05 Å². The molecule has 1 unspecified atom stereocenters. The lowest BCUT2D eigenvalue weighted by Crippen LogP contribution is -2.28. The molecule has 0 spiro atoms. The molecule has 0 fully saturated rings. The first-order valence-corrected chi connectivity index (χ1v) is 7.17.